The Morgan fingerprint density at radius 1 is 1.45 bits per heavy atom. The lowest BCUT2D eigenvalue weighted by Gasteiger charge is -2.27. The standard InChI is InChI=1S/C13H25N3O4/c1-4-9(12(18)19)6-14-13(20)16-8-11(17)5-10(16)7-15(2)3/h9-11,17H,4-8H2,1-3H3,(H,14,20)(H,18,19). The molecule has 1 fully saturated rings. The molecule has 0 aromatic heterocycles. The number of amides is 2. The number of carbonyl (C=O) groups is 2. The van der Waals surface area contributed by atoms with Crippen molar-refractivity contribution in [1.29, 1.82) is 0 Å². The van der Waals surface area contributed by atoms with Crippen LogP contribution in [-0.4, -0.2) is 77.9 Å². The molecule has 1 aliphatic rings. The summed E-state index contributed by atoms with van der Waals surface area (Å²) < 4.78 is 0. The molecule has 0 aromatic carbocycles. The Labute approximate surface area is 119 Å². The fourth-order valence-corrected chi connectivity index (χ4v) is 2.45. The SMILES string of the molecule is CCC(CNC(=O)N1CC(O)CC1CN(C)C)C(=O)O. The molecule has 0 spiro atoms. The van der Waals surface area contributed by atoms with Gasteiger partial charge in [-0.25, -0.2) is 4.79 Å². The summed E-state index contributed by atoms with van der Waals surface area (Å²) in [5, 5.41) is 21.3. The van der Waals surface area contributed by atoms with Gasteiger partial charge in [-0.05, 0) is 26.9 Å². The van der Waals surface area contributed by atoms with E-state index in [0.29, 0.717) is 25.9 Å². The van der Waals surface area contributed by atoms with Crippen LogP contribution >= 0.6 is 0 Å². The van der Waals surface area contributed by atoms with Crippen LogP contribution in [0.2, 0.25) is 0 Å². The summed E-state index contributed by atoms with van der Waals surface area (Å²) in [6, 6.07) is -0.335. The van der Waals surface area contributed by atoms with Crippen molar-refractivity contribution in [3.8, 4) is 0 Å². The van der Waals surface area contributed by atoms with Crippen molar-refractivity contribution in [2.75, 3.05) is 33.7 Å². The minimum atomic E-state index is -0.904. The minimum Gasteiger partial charge on any atom is -0.481 e. The molecule has 7 heteroatoms. The molecule has 0 aliphatic carbocycles. The molecule has 3 atom stereocenters. The number of aliphatic hydroxyl groups excluding tert-OH is 1. The Bertz CT molecular complexity index is 349. The van der Waals surface area contributed by atoms with Gasteiger partial charge < -0.3 is 25.3 Å². The van der Waals surface area contributed by atoms with Crippen LogP contribution in [0.1, 0.15) is 19.8 Å². The zero-order chi connectivity index (χ0) is 15.3. The predicted octanol–water partition coefficient (Wildman–Crippen LogP) is -0.196. The number of nitrogens with one attached hydrogen (secondary N) is 1. The second kappa shape index (κ2) is 7.44. The Kier molecular flexibility index (Phi) is 6.22. The summed E-state index contributed by atoms with van der Waals surface area (Å²) in [4.78, 5) is 26.6. The largest absolute Gasteiger partial charge is 0.481 e. The number of hydrogen-bond acceptors (Lipinski definition) is 4. The van der Waals surface area contributed by atoms with Crippen LogP contribution in [0.3, 0.4) is 0 Å². The summed E-state index contributed by atoms with van der Waals surface area (Å²) in [5.74, 6) is -1.47. The molecule has 1 heterocycles. The highest BCUT2D eigenvalue weighted by Crippen LogP contribution is 2.18. The molecule has 0 saturated carbocycles. The van der Waals surface area contributed by atoms with E-state index >= 15 is 0 Å². The molecule has 3 unspecified atom stereocenters. The van der Waals surface area contributed by atoms with Gasteiger partial charge in [-0.3, -0.25) is 4.79 Å². The molecule has 0 aromatic rings. The van der Waals surface area contributed by atoms with Crippen LogP contribution in [0.15, 0.2) is 0 Å². The van der Waals surface area contributed by atoms with E-state index in [1.807, 2.05) is 19.0 Å². The molecule has 0 bridgehead atoms. The molecule has 116 valence electrons. The number of nitrogens with zero attached hydrogens (tertiary/aromatic N) is 2. The number of carboxylic acid groups (broad SMARTS) is 1. The number of urea groups is 1. The lowest BCUT2D eigenvalue weighted by atomic mass is 10.1. The van der Waals surface area contributed by atoms with Crippen LogP contribution in [0, 0.1) is 5.92 Å². The summed E-state index contributed by atoms with van der Waals surface area (Å²) in [7, 11) is 3.83. The molecule has 2 amide bonds. The molecule has 20 heavy (non-hydrogen) atoms. The van der Waals surface area contributed by atoms with Crippen LogP contribution in [-0.2, 0) is 4.79 Å². The third-order valence-electron chi connectivity index (χ3n) is 3.57. The van der Waals surface area contributed by atoms with Gasteiger partial charge in [0.25, 0.3) is 0 Å². The van der Waals surface area contributed by atoms with E-state index in [1.165, 1.54) is 0 Å². The van der Waals surface area contributed by atoms with Crippen molar-refractivity contribution < 1.29 is 19.8 Å². The second-order valence-corrected chi connectivity index (χ2v) is 5.59. The number of hydrogen-bond donors (Lipinski definition) is 3. The first-order valence-electron chi connectivity index (χ1n) is 6.95. The number of likely N-dealkylation sites (tertiary alicyclic amines) is 1. The van der Waals surface area contributed by atoms with Crippen LogP contribution < -0.4 is 5.32 Å². The van der Waals surface area contributed by atoms with Crippen molar-refractivity contribution in [1.82, 2.24) is 15.1 Å². The van der Waals surface area contributed by atoms with Crippen molar-refractivity contribution in [3.05, 3.63) is 0 Å². The fourth-order valence-electron chi connectivity index (χ4n) is 2.45. The van der Waals surface area contributed by atoms with Gasteiger partial charge >= 0.3 is 12.0 Å². The van der Waals surface area contributed by atoms with Crippen LogP contribution in [0.4, 0.5) is 4.79 Å². The van der Waals surface area contributed by atoms with Crippen molar-refractivity contribution in [2.45, 2.75) is 31.9 Å². The maximum absolute atomic E-state index is 12.1. The number of likely N-dealkylation sites (N-methyl/N-ethyl adjacent to an activating group) is 1. The number of carbonyl (C=O) groups excluding carboxylic acids is 1. The van der Waals surface area contributed by atoms with Gasteiger partial charge in [0.15, 0.2) is 0 Å². The summed E-state index contributed by atoms with van der Waals surface area (Å²) in [6.45, 7) is 2.88. The van der Waals surface area contributed by atoms with E-state index in [4.69, 9.17) is 5.11 Å². The van der Waals surface area contributed by atoms with E-state index in [-0.39, 0.29) is 18.6 Å². The molecule has 1 rings (SSSR count). The molecule has 1 saturated heterocycles. The van der Waals surface area contributed by atoms with Crippen molar-refractivity contribution >= 4 is 12.0 Å². The first-order chi connectivity index (χ1) is 9.35. The Morgan fingerprint density at radius 3 is 2.60 bits per heavy atom. The van der Waals surface area contributed by atoms with Crippen molar-refractivity contribution in [2.24, 2.45) is 5.92 Å². The first kappa shape index (κ1) is 16.7. The molecule has 1 aliphatic heterocycles. The van der Waals surface area contributed by atoms with Gasteiger partial charge in [0.2, 0.25) is 0 Å². The van der Waals surface area contributed by atoms with Crippen molar-refractivity contribution in [3.63, 3.8) is 0 Å². The molecule has 7 nitrogen and oxygen atoms in total. The number of rotatable bonds is 6. The highest BCUT2D eigenvalue weighted by molar-refractivity contribution is 5.76. The average molecular weight is 287 g/mol. The third kappa shape index (κ3) is 4.64. The first-order valence-corrected chi connectivity index (χ1v) is 6.95. The van der Waals surface area contributed by atoms with Crippen LogP contribution in [0.5, 0.6) is 0 Å². The number of aliphatic carboxylic acids is 1. The Hall–Kier alpha value is -1.34. The van der Waals surface area contributed by atoms with Gasteiger partial charge in [-0.1, -0.05) is 6.92 Å². The monoisotopic (exact) mass is 287 g/mol. The molecule has 3 N–H and O–H groups in total. The van der Waals surface area contributed by atoms with Gasteiger partial charge in [-0.15, -0.1) is 0 Å². The van der Waals surface area contributed by atoms with Gasteiger partial charge in [0.05, 0.1) is 12.0 Å². The normalized spacial score (nSPS) is 23.9. The lowest BCUT2D eigenvalue weighted by Crippen LogP contribution is -2.48. The summed E-state index contributed by atoms with van der Waals surface area (Å²) in [6.07, 6.45) is 0.522. The molecule has 0 radical (unpaired) electrons. The van der Waals surface area contributed by atoms with E-state index in [9.17, 15) is 14.7 Å². The zero-order valence-electron chi connectivity index (χ0n) is 12.4. The fraction of sp³-hybridized carbons (Fsp3) is 0.846. The van der Waals surface area contributed by atoms with Gasteiger partial charge in [-0.2, -0.15) is 0 Å². The number of carboxylic acids is 1. The second-order valence-electron chi connectivity index (χ2n) is 5.59. The van der Waals surface area contributed by atoms with Crippen LogP contribution in [0.25, 0.3) is 0 Å². The van der Waals surface area contributed by atoms with Gasteiger partial charge in [0, 0.05) is 25.7 Å². The molecular weight excluding hydrogens is 262 g/mol. The quantitative estimate of drug-likeness (QED) is 0.629. The topological polar surface area (TPSA) is 93.1 Å². The molecular formula is C13H25N3O4. The third-order valence-corrected chi connectivity index (χ3v) is 3.57. The summed E-state index contributed by atoms with van der Waals surface area (Å²) in [5.41, 5.74) is 0. The van der Waals surface area contributed by atoms with Gasteiger partial charge in [0.1, 0.15) is 0 Å². The average Bonchev–Trinajstić information content (AvgIpc) is 2.69. The Morgan fingerprint density at radius 2 is 2.10 bits per heavy atom. The van der Waals surface area contributed by atoms with E-state index < -0.39 is 18.0 Å². The highest BCUT2D eigenvalue weighted by atomic mass is 16.4. The zero-order valence-corrected chi connectivity index (χ0v) is 12.4. The number of β-amino-alcohol motifs (C(OH)–C–C–N with tert-alkyl or cyclic N) is 1. The smallest absolute Gasteiger partial charge is 0.317 e. The van der Waals surface area contributed by atoms with E-state index in [2.05, 4.69) is 5.32 Å². The Balaban J connectivity index is 2.54. The summed E-state index contributed by atoms with van der Waals surface area (Å²) >= 11 is 0. The maximum Gasteiger partial charge on any atom is 0.317 e. The predicted molar refractivity (Wildman–Crippen MR) is 74.5 cm³/mol. The highest BCUT2D eigenvalue weighted by Gasteiger charge is 2.34. The van der Waals surface area contributed by atoms with E-state index in [1.54, 1.807) is 11.8 Å². The van der Waals surface area contributed by atoms with E-state index in [0.717, 1.165) is 0 Å². The maximum atomic E-state index is 12.1. The number of aliphatic hydroxyl groups is 1. The lowest BCUT2D eigenvalue weighted by molar-refractivity contribution is -0.141. The minimum absolute atomic E-state index is 0.0371.